The van der Waals surface area contributed by atoms with Crippen LogP contribution in [0.15, 0.2) is 18.2 Å². The minimum atomic E-state index is -0.433. The molecule has 0 bridgehead atoms. The molecule has 6 nitrogen and oxygen atoms in total. The maximum absolute atomic E-state index is 14.4. The van der Waals surface area contributed by atoms with Crippen molar-refractivity contribution in [1.82, 2.24) is 9.88 Å². The zero-order valence-electron chi connectivity index (χ0n) is 17.3. The zero-order valence-corrected chi connectivity index (χ0v) is 17.3. The number of halogens is 1. The van der Waals surface area contributed by atoms with Crippen LogP contribution in [0.4, 0.5) is 10.1 Å². The van der Waals surface area contributed by atoms with Crippen LogP contribution < -0.4 is 4.90 Å². The number of carbonyl (C=O) groups excluding carboxylic acids is 3. The maximum atomic E-state index is 14.4. The number of benzene rings is 1. The number of H-pyrrole nitrogens is 1. The fourth-order valence-electron chi connectivity index (χ4n) is 3.98. The molecule has 1 aromatic carbocycles. The first kappa shape index (κ1) is 20.8. The SMILES string of the molecule is CCc1c(C(=O)N2CCN(c3ccc(C(C)=O)cc3F)CC2)[nH]c(C)c1C(C)=O. The second-order valence-corrected chi connectivity index (χ2v) is 7.39. The Morgan fingerprint density at radius 3 is 2.24 bits per heavy atom. The summed E-state index contributed by atoms with van der Waals surface area (Å²) in [5, 5.41) is 0. The lowest BCUT2D eigenvalue weighted by atomic mass is 10.0. The highest BCUT2D eigenvalue weighted by Crippen LogP contribution is 2.25. The van der Waals surface area contributed by atoms with Crippen molar-refractivity contribution in [2.75, 3.05) is 31.1 Å². The highest BCUT2D eigenvalue weighted by atomic mass is 19.1. The van der Waals surface area contributed by atoms with Gasteiger partial charge >= 0.3 is 0 Å². The van der Waals surface area contributed by atoms with E-state index in [-0.39, 0.29) is 17.5 Å². The van der Waals surface area contributed by atoms with Gasteiger partial charge in [-0.15, -0.1) is 0 Å². The van der Waals surface area contributed by atoms with Gasteiger partial charge in [-0.3, -0.25) is 14.4 Å². The van der Waals surface area contributed by atoms with E-state index < -0.39 is 5.82 Å². The predicted octanol–water partition coefficient (Wildman–Crippen LogP) is 3.39. The van der Waals surface area contributed by atoms with Gasteiger partial charge in [-0.05, 0) is 51.0 Å². The normalized spacial score (nSPS) is 14.2. The number of aromatic amines is 1. The number of nitrogens with zero attached hydrogens (tertiary/aromatic N) is 2. The number of Topliss-reactive ketones (excluding diaryl/α,β-unsaturated/α-hetero) is 2. The summed E-state index contributed by atoms with van der Waals surface area (Å²) in [5.41, 5.74) is 3.32. The van der Waals surface area contributed by atoms with Crippen molar-refractivity contribution < 1.29 is 18.8 Å². The molecule has 0 radical (unpaired) electrons. The van der Waals surface area contributed by atoms with Crippen molar-refractivity contribution in [3.8, 4) is 0 Å². The van der Waals surface area contributed by atoms with E-state index in [9.17, 15) is 18.8 Å². The van der Waals surface area contributed by atoms with Gasteiger partial charge in [-0.25, -0.2) is 4.39 Å². The van der Waals surface area contributed by atoms with E-state index in [1.54, 1.807) is 24.0 Å². The average Bonchev–Trinajstić information content (AvgIpc) is 3.04. The van der Waals surface area contributed by atoms with Crippen LogP contribution in [0.1, 0.15) is 63.2 Å². The van der Waals surface area contributed by atoms with E-state index in [4.69, 9.17) is 0 Å². The Hall–Kier alpha value is -2.96. The molecule has 3 rings (SSSR count). The minimum absolute atomic E-state index is 0.0519. The number of amides is 1. The summed E-state index contributed by atoms with van der Waals surface area (Å²) in [4.78, 5) is 43.1. The van der Waals surface area contributed by atoms with Crippen LogP contribution in [0.2, 0.25) is 0 Å². The quantitative estimate of drug-likeness (QED) is 0.782. The number of aryl methyl sites for hydroxylation is 1. The molecule has 2 heterocycles. The first-order valence-electron chi connectivity index (χ1n) is 9.81. The minimum Gasteiger partial charge on any atom is -0.366 e. The molecule has 0 aliphatic carbocycles. The van der Waals surface area contributed by atoms with Crippen LogP contribution in [0.25, 0.3) is 0 Å². The molecule has 1 amide bonds. The number of aromatic nitrogens is 1. The molecule has 1 aliphatic rings. The summed E-state index contributed by atoms with van der Waals surface area (Å²) >= 11 is 0. The number of piperazine rings is 1. The molecule has 0 atom stereocenters. The van der Waals surface area contributed by atoms with Crippen LogP contribution in [0.3, 0.4) is 0 Å². The number of anilines is 1. The number of ketones is 2. The van der Waals surface area contributed by atoms with Crippen molar-refractivity contribution in [3.63, 3.8) is 0 Å². The number of hydrogen-bond donors (Lipinski definition) is 1. The van der Waals surface area contributed by atoms with Gasteiger partial charge in [0, 0.05) is 43.0 Å². The van der Waals surface area contributed by atoms with Crippen molar-refractivity contribution in [2.24, 2.45) is 0 Å². The molecule has 7 heteroatoms. The van der Waals surface area contributed by atoms with Gasteiger partial charge in [0.15, 0.2) is 11.6 Å². The van der Waals surface area contributed by atoms with Crippen LogP contribution in [0, 0.1) is 12.7 Å². The lowest BCUT2D eigenvalue weighted by Crippen LogP contribution is -2.49. The molecule has 154 valence electrons. The smallest absolute Gasteiger partial charge is 0.270 e. The van der Waals surface area contributed by atoms with Crippen molar-refractivity contribution in [3.05, 3.63) is 52.1 Å². The molecule has 1 N–H and O–H groups in total. The average molecular weight is 399 g/mol. The van der Waals surface area contributed by atoms with Crippen molar-refractivity contribution in [1.29, 1.82) is 0 Å². The first-order valence-corrected chi connectivity index (χ1v) is 9.81. The molecule has 0 unspecified atom stereocenters. The second kappa shape index (κ2) is 8.19. The van der Waals surface area contributed by atoms with E-state index in [0.29, 0.717) is 60.8 Å². The Bertz CT molecular complexity index is 972. The summed E-state index contributed by atoms with van der Waals surface area (Å²) < 4.78 is 14.4. The number of nitrogens with one attached hydrogen (secondary N) is 1. The molecule has 0 spiro atoms. The third-order valence-electron chi connectivity index (χ3n) is 5.47. The van der Waals surface area contributed by atoms with Gasteiger partial charge < -0.3 is 14.8 Å². The Kier molecular flexibility index (Phi) is 5.86. The van der Waals surface area contributed by atoms with Gasteiger partial charge in [0.2, 0.25) is 0 Å². The Balaban J connectivity index is 1.75. The van der Waals surface area contributed by atoms with E-state index in [1.165, 1.54) is 19.9 Å². The number of carbonyl (C=O) groups is 3. The summed E-state index contributed by atoms with van der Waals surface area (Å²) in [6.07, 6.45) is 0.591. The molecule has 0 saturated carbocycles. The van der Waals surface area contributed by atoms with E-state index in [2.05, 4.69) is 4.98 Å². The monoisotopic (exact) mass is 399 g/mol. The van der Waals surface area contributed by atoms with E-state index in [0.717, 1.165) is 5.56 Å². The molecule has 2 aromatic rings. The Labute approximate surface area is 169 Å². The zero-order chi connectivity index (χ0) is 21.3. The lowest BCUT2D eigenvalue weighted by molar-refractivity contribution is 0.0740. The van der Waals surface area contributed by atoms with Crippen molar-refractivity contribution in [2.45, 2.75) is 34.1 Å². The summed E-state index contributed by atoms with van der Waals surface area (Å²) in [6.45, 7) is 8.52. The third-order valence-corrected chi connectivity index (χ3v) is 5.47. The molecule has 1 fully saturated rings. The highest BCUT2D eigenvalue weighted by Gasteiger charge is 2.28. The van der Waals surface area contributed by atoms with Crippen molar-refractivity contribution >= 4 is 23.2 Å². The van der Waals surface area contributed by atoms with Crippen LogP contribution in [0.5, 0.6) is 0 Å². The second-order valence-electron chi connectivity index (χ2n) is 7.39. The van der Waals surface area contributed by atoms with Crippen LogP contribution in [-0.4, -0.2) is 53.5 Å². The fraction of sp³-hybridized carbons (Fsp3) is 0.409. The highest BCUT2D eigenvalue weighted by molar-refractivity contribution is 6.02. The third kappa shape index (κ3) is 3.95. The summed E-state index contributed by atoms with van der Waals surface area (Å²) in [6, 6.07) is 4.50. The molecule has 1 aromatic heterocycles. The lowest BCUT2D eigenvalue weighted by Gasteiger charge is -2.36. The summed E-state index contributed by atoms with van der Waals surface area (Å²) in [5.74, 6) is -0.797. The van der Waals surface area contributed by atoms with Crippen LogP contribution in [-0.2, 0) is 6.42 Å². The fourth-order valence-corrected chi connectivity index (χ4v) is 3.98. The molecule has 1 aliphatic heterocycles. The standard InChI is InChI=1S/C22H26FN3O3/c1-5-17-20(15(4)28)13(2)24-21(17)22(29)26-10-8-25(9-11-26)19-7-6-16(14(3)27)12-18(19)23/h6-7,12,24H,5,8-11H2,1-4H3. The molecular formula is C22H26FN3O3. The van der Waals surface area contributed by atoms with E-state index >= 15 is 0 Å². The molecular weight excluding hydrogens is 373 g/mol. The van der Waals surface area contributed by atoms with Gasteiger partial charge in [-0.2, -0.15) is 0 Å². The van der Waals surface area contributed by atoms with Gasteiger partial charge in [0.25, 0.3) is 5.91 Å². The van der Waals surface area contributed by atoms with E-state index in [1.807, 2.05) is 11.8 Å². The van der Waals surface area contributed by atoms with Gasteiger partial charge in [-0.1, -0.05) is 6.92 Å². The van der Waals surface area contributed by atoms with Gasteiger partial charge in [0.1, 0.15) is 11.5 Å². The maximum Gasteiger partial charge on any atom is 0.270 e. The largest absolute Gasteiger partial charge is 0.366 e. The number of rotatable bonds is 5. The first-order chi connectivity index (χ1) is 13.7. The number of hydrogen-bond acceptors (Lipinski definition) is 4. The Morgan fingerprint density at radius 1 is 1.07 bits per heavy atom. The predicted molar refractivity (Wildman–Crippen MR) is 109 cm³/mol. The molecule has 29 heavy (non-hydrogen) atoms. The Morgan fingerprint density at radius 2 is 1.72 bits per heavy atom. The summed E-state index contributed by atoms with van der Waals surface area (Å²) in [7, 11) is 0. The molecule has 1 saturated heterocycles. The van der Waals surface area contributed by atoms with Crippen LogP contribution >= 0.6 is 0 Å². The van der Waals surface area contributed by atoms with Gasteiger partial charge in [0.05, 0.1) is 5.69 Å². The topological polar surface area (TPSA) is 73.5 Å².